The first-order valence-corrected chi connectivity index (χ1v) is 8.85. The molecule has 148 valence electrons. The number of unbranched alkanes of at least 4 members (excludes halogenated alkanes) is 1. The Morgan fingerprint density at radius 3 is 2.67 bits per heavy atom. The molecule has 1 heterocycles. The minimum Gasteiger partial charge on any atom is -0.481 e. The number of rotatable bonds is 9. The Kier molecular flexibility index (Phi) is 7.12. The fraction of sp³-hybridized carbons (Fsp3) is 0.444. The number of alkyl halides is 3. The molecule has 0 spiro atoms. The summed E-state index contributed by atoms with van der Waals surface area (Å²) in [4.78, 5) is 10.9. The summed E-state index contributed by atoms with van der Waals surface area (Å²) in [5.74, 6) is -0.601. The van der Waals surface area contributed by atoms with Crippen LogP contribution >= 0.6 is 11.6 Å². The van der Waals surface area contributed by atoms with Gasteiger partial charge in [-0.3, -0.25) is 9.48 Å². The summed E-state index contributed by atoms with van der Waals surface area (Å²) in [6.45, 7) is 2.61. The molecule has 9 heteroatoms. The maximum Gasteiger partial charge on any atom is 0.416 e. The van der Waals surface area contributed by atoms with Crippen LogP contribution in [0.1, 0.15) is 43.0 Å². The van der Waals surface area contributed by atoms with Crippen molar-refractivity contribution in [2.75, 3.05) is 6.61 Å². The van der Waals surface area contributed by atoms with Crippen molar-refractivity contribution in [2.45, 2.75) is 45.3 Å². The van der Waals surface area contributed by atoms with Crippen molar-refractivity contribution in [3.05, 3.63) is 46.1 Å². The van der Waals surface area contributed by atoms with Gasteiger partial charge in [-0.15, -0.1) is 5.10 Å². The van der Waals surface area contributed by atoms with E-state index in [-0.39, 0.29) is 24.4 Å². The lowest BCUT2D eigenvalue weighted by Crippen LogP contribution is -2.10. The van der Waals surface area contributed by atoms with Crippen LogP contribution in [0.15, 0.2) is 24.3 Å². The van der Waals surface area contributed by atoms with E-state index in [4.69, 9.17) is 21.4 Å². The standard InChI is InChI=1S/C18H20ClF3N2O3/c1-2-3-8-27-16-10-14(6-7-17(25)26)24(23-16)11-12-4-5-13(9-15(12)19)18(20,21)22/h4-5,9-10H,2-3,6-8,11H2,1H3,(H,25,26). The summed E-state index contributed by atoms with van der Waals surface area (Å²) in [5.41, 5.74) is 0.232. The van der Waals surface area contributed by atoms with Crippen LogP contribution in [0.3, 0.4) is 0 Å². The number of aliphatic carboxylic acids is 1. The van der Waals surface area contributed by atoms with Gasteiger partial charge in [0.25, 0.3) is 0 Å². The Labute approximate surface area is 159 Å². The lowest BCUT2D eigenvalue weighted by molar-refractivity contribution is -0.138. The Morgan fingerprint density at radius 2 is 2.07 bits per heavy atom. The van der Waals surface area contributed by atoms with E-state index >= 15 is 0 Å². The molecule has 2 rings (SSSR count). The number of benzene rings is 1. The lowest BCUT2D eigenvalue weighted by Gasteiger charge is -2.11. The van der Waals surface area contributed by atoms with Crippen molar-refractivity contribution in [3.8, 4) is 5.88 Å². The minimum atomic E-state index is -4.47. The third-order valence-corrected chi connectivity index (χ3v) is 4.24. The topological polar surface area (TPSA) is 64.3 Å². The van der Waals surface area contributed by atoms with Crippen molar-refractivity contribution in [3.63, 3.8) is 0 Å². The van der Waals surface area contributed by atoms with Gasteiger partial charge in [0.1, 0.15) is 0 Å². The van der Waals surface area contributed by atoms with E-state index < -0.39 is 17.7 Å². The number of hydrogen-bond acceptors (Lipinski definition) is 3. The molecule has 27 heavy (non-hydrogen) atoms. The van der Waals surface area contributed by atoms with E-state index in [1.165, 1.54) is 10.7 Å². The molecular weight excluding hydrogens is 385 g/mol. The van der Waals surface area contributed by atoms with E-state index in [2.05, 4.69) is 5.10 Å². The maximum absolute atomic E-state index is 12.8. The molecule has 5 nitrogen and oxygen atoms in total. The van der Waals surface area contributed by atoms with E-state index in [9.17, 15) is 18.0 Å². The SMILES string of the molecule is CCCCOc1cc(CCC(=O)O)n(Cc2ccc(C(F)(F)F)cc2Cl)n1. The molecule has 0 radical (unpaired) electrons. The zero-order valence-electron chi connectivity index (χ0n) is 14.7. The summed E-state index contributed by atoms with van der Waals surface area (Å²) in [6.07, 6.45) is -2.55. The minimum absolute atomic E-state index is 0.0297. The highest BCUT2D eigenvalue weighted by molar-refractivity contribution is 6.31. The van der Waals surface area contributed by atoms with E-state index in [1.54, 1.807) is 6.07 Å². The molecule has 0 aliphatic rings. The highest BCUT2D eigenvalue weighted by Crippen LogP contribution is 2.32. The summed E-state index contributed by atoms with van der Waals surface area (Å²) in [5, 5.41) is 13.2. The predicted molar refractivity (Wildman–Crippen MR) is 94.1 cm³/mol. The smallest absolute Gasteiger partial charge is 0.416 e. The first kappa shape index (κ1) is 21.1. The van der Waals surface area contributed by atoms with Gasteiger partial charge in [0.2, 0.25) is 5.88 Å². The van der Waals surface area contributed by atoms with Crippen LogP contribution in [0.4, 0.5) is 13.2 Å². The molecule has 0 unspecified atom stereocenters. The van der Waals surface area contributed by atoms with Crippen LogP contribution in [0.25, 0.3) is 0 Å². The largest absolute Gasteiger partial charge is 0.481 e. The molecule has 0 saturated carbocycles. The van der Waals surface area contributed by atoms with Crippen LogP contribution < -0.4 is 4.74 Å². The van der Waals surface area contributed by atoms with Gasteiger partial charge in [0.05, 0.1) is 25.1 Å². The van der Waals surface area contributed by atoms with Gasteiger partial charge in [-0.05, 0) is 30.5 Å². The Balaban J connectivity index is 2.23. The highest BCUT2D eigenvalue weighted by atomic mass is 35.5. The number of aromatic nitrogens is 2. The fourth-order valence-corrected chi connectivity index (χ4v) is 2.65. The van der Waals surface area contributed by atoms with Gasteiger partial charge < -0.3 is 9.84 Å². The maximum atomic E-state index is 12.8. The molecule has 2 aromatic rings. The first-order chi connectivity index (χ1) is 12.7. The molecule has 0 fully saturated rings. The van der Waals surface area contributed by atoms with Crippen LogP contribution in [-0.2, 0) is 23.9 Å². The number of halogens is 4. The average molecular weight is 405 g/mol. The second kappa shape index (κ2) is 9.12. The molecule has 1 aromatic heterocycles. The van der Waals surface area contributed by atoms with Gasteiger partial charge in [-0.2, -0.15) is 13.2 Å². The van der Waals surface area contributed by atoms with Crippen LogP contribution in [0.5, 0.6) is 5.88 Å². The number of ether oxygens (including phenoxy) is 1. The third-order valence-electron chi connectivity index (χ3n) is 3.88. The van der Waals surface area contributed by atoms with Crippen molar-refractivity contribution < 1.29 is 27.8 Å². The van der Waals surface area contributed by atoms with E-state index in [0.29, 0.717) is 23.7 Å². The van der Waals surface area contributed by atoms with E-state index in [1.807, 2.05) is 6.92 Å². The van der Waals surface area contributed by atoms with Crippen molar-refractivity contribution >= 4 is 17.6 Å². The molecule has 0 aliphatic carbocycles. The fourth-order valence-electron chi connectivity index (χ4n) is 2.41. The first-order valence-electron chi connectivity index (χ1n) is 8.47. The van der Waals surface area contributed by atoms with Gasteiger partial charge in [0, 0.05) is 16.8 Å². The van der Waals surface area contributed by atoms with Gasteiger partial charge in [-0.25, -0.2) is 0 Å². The lowest BCUT2D eigenvalue weighted by atomic mass is 10.1. The number of nitrogens with zero attached hydrogens (tertiary/aromatic N) is 2. The number of hydrogen-bond donors (Lipinski definition) is 1. The molecule has 0 saturated heterocycles. The number of carboxylic acids is 1. The van der Waals surface area contributed by atoms with Crippen molar-refractivity contribution in [1.29, 1.82) is 0 Å². The monoisotopic (exact) mass is 404 g/mol. The molecule has 1 N–H and O–H groups in total. The summed E-state index contributed by atoms with van der Waals surface area (Å²) >= 11 is 6.01. The zero-order valence-corrected chi connectivity index (χ0v) is 15.5. The molecular formula is C18H20ClF3N2O3. The normalized spacial score (nSPS) is 11.6. The third kappa shape index (κ3) is 6.16. The molecule has 0 atom stereocenters. The van der Waals surface area contributed by atoms with Crippen molar-refractivity contribution in [2.24, 2.45) is 0 Å². The summed E-state index contributed by atoms with van der Waals surface area (Å²) in [7, 11) is 0. The van der Waals surface area contributed by atoms with Crippen LogP contribution in [-0.4, -0.2) is 27.5 Å². The number of carboxylic acid groups (broad SMARTS) is 1. The molecule has 0 aliphatic heterocycles. The van der Waals surface area contributed by atoms with Gasteiger partial charge >= 0.3 is 12.1 Å². The molecule has 1 aromatic carbocycles. The Morgan fingerprint density at radius 1 is 1.33 bits per heavy atom. The van der Waals surface area contributed by atoms with E-state index in [0.717, 1.165) is 25.0 Å². The zero-order chi connectivity index (χ0) is 20.0. The predicted octanol–water partition coefficient (Wildman–Crippen LogP) is 4.80. The van der Waals surface area contributed by atoms with Crippen LogP contribution in [0.2, 0.25) is 5.02 Å². The second-order valence-electron chi connectivity index (χ2n) is 6.03. The van der Waals surface area contributed by atoms with Crippen molar-refractivity contribution in [1.82, 2.24) is 9.78 Å². The summed E-state index contributed by atoms with van der Waals surface area (Å²) in [6, 6.07) is 4.78. The van der Waals surface area contributed by atoms with Gasteiger partial charge in [-0.1, -0.05) is 31.0 Å². The molecule has 0 bridgehead atoms. The highest BCUT2D eigenvalue weighted by Gasteiger charge is 2.30. The Hall–Kier alpha value is -2.22. The van der Waals surface area contributed by atoms with Crippen LogP contribution in [0, 0.1) is 0 Å². The molecule has 0 amide bonds. The number of carbonyl (C=O) groups is 1. The summed E-state index contributed by atoms with van der Waals surface area (Å²) < 4.78 is 45.4. The number of aryl methyl sites for hydroxylation is 1. The quantitative estimate of drug-likeness (QED) is 0.610. The second-order valence-corrected chi connectivity index (χ2v) is 6.44. The van der Waals surface area contributed by atoms with Gasteiger partial charge in [0.15, 0.2) is 0 Å². The average Bonchev–Trinajstić information content (AvgIpc) is 2.96. The Bertz CT molecular complexity index is 791.